The van der Waals surface area contributed by atoms with Crippen molar-refractivity contribution in [1.29, 1.82) is 0 Å². The SMILES string of the molecule is CC(C)(C)[Si](C)(C)OCCC1[C@H]2CNC[C@@H]12. The van der Waals surface area contributed by atoms with Crippen LogP contribution in [0, 0.1) is 17.8 Å². The van der Waals surface area contributed by atoms with Gasteiger partial charge in [0, 0.05) is 6.61 Å². The Morgan fingerprint density at radius 3 is 2.25 bits per heavy atom. The lowest BCUT2D eigenvalue weighted by Crippen LogP contribution is -2.41. The summed E-state index contributed by atoms with van der Waals surface area (Å²) in [6.07, 6.45) is 1.30. The average Bonchev–Trinajstić information content (AvgIpc) is 2.57. The van der Waals surface area contributed by atoms with Gasteiger partial charge in [-0.1, -0.05) is 20.8 Å². The first-order chi connectivity index (χ1) is 7.33. The van der Waals surface area contributed by atoms with Crippen molar-refractivity contribution in [3.63, 3.8) is 0 Å². The molecule has 0 aromatic heterocycles. The van der Waals surface area contributed by atoms with Crippen LogP contribution in [-0.2, 0) is 4.43 Å². The summed E-state index contributed by atoms with van der Waals surface area (Å²) in [7, 11) is -1.50. The summed E-state index contributed by atoms with van der Waals surface area (Å²) >= 11 is 0. The molecule has 0 bridgehead atoms. The summed E-state index contributed by atoms with van der Waals surface area (Å²) in [5, 5.41) is 3.81. The Kier molecular flexibility index (Phi) is 3.23. The Hall–Kier alpha value is 0.137. The molecule has 1 heterocycles. The Bertz CT molecular complexity index is 249. The molecule has 94 valence electrons. The third-order valence-corrected chi connectivity index (χ3v) is 9.53. The van der Waals surface area contributed by atoms with E-state index < -0.39 is 8.32 Å². The molecule has 1 aliphatic carbocycles. The largest absolute Gasteiger partial charge is 0.417 e. The van der Waals surface area contributed by atoms with Gasteiger partial charge >= 0.3 is 0 Å². The quantitative estimate of drug-likeness (QED) is 0.764. The van der Waals surface area contributed by atoms with E-state index in [0.29, 0.717) is 5.04 Å². The van der Waals surface area contributed by atoms with Gasteiger partial charge in [0.15, 0.2) is 8.32 Å². The molecule has 3 atom stereocenters. The van der Waals surface area contributed by atoms with Crippen LogP contribution in [0.15, 0.2) is 0 Å². The maximum atomic E-state index is 6.23. The first-order valence-corrected chi connectivity index (χ1v) is 9.58. The van der Waals surface area contributed by atoms with Crippen molar-refractivity contribution in [1.82, 2.24) is 5.32 Å². The van der Waals surface area contributed by atoms with Gasteiger partial charge in [0.1, 0.15) is 0 Å². The Balaban J connectivity index is 1.69. The molecule has 0 amide bonds. The van der Waals surface area contributed by atoms with Crippen LogP contribution in [0.4, 0.5) is 0 Å². The molecule has 1 N–H and O–H groups in total. The van der Waals surface area contributed by atoms with E-state index in [1.54, 1.807) is 0 Å². The summed E-state index contributed by atoms with van der Waals surface area (Å²) < 4.78 is 6.23. The van der Waals surface area contributed by atoms with Gasteiger partial charge in [-0.2, -0.15) is 0 Å². The minimum absolute atomic E-state index is 0.355. The number of piperidine rings is 1. The molecule has 0 radical (unpaired) electrons. The van der Waals surface area contributed by atoms with Crippen molar-refractivity contribution in [3.8, 4) is 0 Å². The second kappa shape index (κ2) is 4.11. The molecule has 2 aliphatic rings. The van der Waals surface area contributed by atoms with Gasteiger partial charge in [0.25, 0.3) is 0 Å². The van der Waals surface area contributed by atoms with E-state index in [0.717, 1.165) is 24.4 Å². The highest BCUT2D eigenvalue weighted by Crippen LogP contribution is 2.50. The van der Waals surface area contributed by atoms with Crippen molar-refractivity contribution in [2.45, 2.75) is 45.3 Å². The molecule has 0 aromatic rings. The van der Waals surface area contributed by atoms with Crippen molar-refractivity contribution in [2.75, 3.05) is 19.7 Å². The first kappa shape index (κ1) is 12.6. The molecule has 2 nitrogen and oxygen atoms in total. The Morgan fingerprint density at radius 1 is 1.19 bits per heavy atom. The Labute approximate surface area is 101 Å². The minimum Gasteiger partial charge on any atom is -0.417 e. The van der Waals surface area contributed by atoms with Crippen LogP contribution in [0.25, 0.3) is 0 Å². The normalized spacial score (nSPS) is 33.9. The van der Waals surface area contributed by atoms with Gasteiger partial charge < -0.3 is 9.74 Å². The van der Waals surface area contributed by atoms with Crippen LogP contribution in [-0.4, -0.2) is 28.0 Å². The van der Waals surface area contributed by atoms with E-state index >= 15 is 0 Å². The molecule has 0 spiro atoms. The summed E-state index contributed by atoms with van der Waals surface area (Å²) in [5.74, 6) is 2.96. The highest BCUT2D eigenvalue weighted by atomic mass is 28.4. The number of hydrogen-bond acceptors (Lipinski definition) is 2. The zero-order valence-electron chi connectivity index (χ0n) is 11.5. The van der Waals surface area contributed by atoms with E-state index in [9.17, 15) is 0 Å². The molecule has 3 heteroatoms. The van der Waals surface area contributed by atoms with Gasteiger partial charge in [-0.3, -0.25) is 0 Å². The van der Waals surface area contributed by atoms with E-state index in [2.05, 4.69) is 39.2 Å². The van der Waals surface area contributed by atoms with Crippen LogP contribution in [0.1, 0.15) is 27.2 Å². The zero-order valence-corrected chi connectivity index (χ0v) is 12.5. The summed E-state index contributed by atoms with van der Waals surface area (Å²) in [6, 6.07) is 0. The molecular weight excluding hydrogens is 214 g/mol. The number of nitrogens with one attached hydrogen (secondary N) is 1. The van der Waals surface area contributed by atoms with Crippen LogP contribution in [0.3, 0.4) is 0 Å². The standard InChI is InChI=1S/C13H27NOSi/c1-13(2,3)16(4,5)15-7-6-10-11-8-14-9-12(10)11/h10-12,14H,6-9H2,1-5H3/t10?,11-,12+. The van der Waals surface area contributed by atoms with Gasteiger partial charge in [-0.25, -0.2) is 0 Å². The van der Waals surface area contributed by atoms with Crippen LogP contribution >= 0.6 is 0 Å². The monoisotopic (exact) mass is 241 g/mol. The molecular formula is C13H27NOSi. The molecule has 2 rings (SSSR count). The van der Waals surface area contributed by atoms with Crippen molar-refractivity contribution in [2.24, 2.45) is 17.8 Å². The topological polar surface area (TPSA) is 21.3 Å². The number of hydrogen-bond donors (Lipinski definition) is 1. The number of rotatable bonds is 4. The molecule has 1 aliphatic heterocycles. The third kappa shape index (κ3) is 2.36. The zero-order chi connectivity index (χ0) is 12.0. The highest BCUT2D eigenvalue weighted by molar-refractivity contribution is 6.74. The predicted octanol–water partition coefficient (Wildman–Crippen LogP) is 2.86. The summed E-state index contributed by atoms with van der Waals surface area (Å²) in [4.78, 5) is 0. The fourth-order valence-electron chi connectivity index (χ4n) is 2.64. The van der Waals surface area contributed by atoms with Gasteiger partial charge in [-0.15, -0.1) is 0 Å². The summed E-state index contributed by atoms with van der Waals surface area (Å²) in [5.41, 5.74) is 0. The smallest absolute Gasteiger partial charge is 0.191 e. The van der Waals surface area contributed by atoms with Gasteiger partial charge in [0.2, 0.25) is 0 Å². The third-order valence-electron chi connectivity index (χ3n) is 4.99. The van der Waals surface area contributed by atoms with E-state index in [1.165, 1.54) is 19.5 Å². The lowest BCUT2D eigenvalue weighted by Gasteiger charge is -2.36. The summed E-state index contributed by atoms with van der Waals surface area (Å²) in [6.45, 7) is 15.2. The van der Waals surface area contributed by atoms with Crippen LogP contribution < -0.4 is 5.32 Å². The van der Waals surface area contributed by atoms with E-state index in [4.69, 9.17) is 4.43 Å². The van der Waals surface area contributed by atoms with Crippen molar-refractivity contribution in [3.05, 3.63) is 0 Å². The maximum Gasteiger partial charge on any atom is 0.191 e. The average molecular weight is 241 g/mol. The molecule has 2 fully saturated rings. The highest BCUT2D eigenvalue weighted by Gasteiger charge is 2.52. The molecule has 1 saturated carbocycles. The van der Waals surface area contributed by atoms with Crippen molar-refractivity contribution >= 4 is 8.32 Å². The van der Waals surface area contributed by atoms with E-state index in [-0.39, 0.29) is 0 Å². The predicted molar refractivity (Wildman–Crippen MR) is 71.1 cm³/mol. The lowest BCUT2D eigenvalue weighted by molar-refractivity contribution is 0.268. The molecule has 16 heavy (non-hydrogen) atoms. The first-order valence-electron chi connectivity index (χ1n) is 6.67. The van der Waals surface area contributed by atoms with Crippen molar-refractivity contribution < 1.29 is 4.43 Å². The van der Waals surface area contributed by atoms with Crippen LogP contribution in [0.2, 0.25) is 18.1 Å². The second-order valence-corrected chi connectivity index (χ2v) is 11.9. The Morgan fingerprint density at radius 2 is 1.75 bits per heavy atom. The molecule has 1 saturated heterocycles. The van der Waals surface area contributed by atoms with Gasteiger partial charge in [-0.05, 0) is 55.4 Å². The molecule has 0 aromatic carbocycles. The maximum absolute atomic E-state index is 6.23. The minimum atomic E-state index is -1.50. The molecule has 1 unspecified atom stereocenters. The van der Waals surface area contributed by atoms with Crippen LogP contribution in [0.5, 0.6) is 0 Å². The lowest BCUT2D eigenvalue weighted by atomic mass is 10.2. The fraction of sp³-hybridized carbons (Fsp3) is 1.00. The number of fused-ring (bicyclic) bond motifs is 1. The second-order valence-electron chi connectivity index (χ2n) is 7.05. The van der Waals surface area contributed by atoms with E-state index in [1.807, 2.05) is 0 Å². The van der Waals surface area contributed by atoms with Gasteiger partial charge in [0.05, 0.1) is 0 Å². The fourth-order valence-corrected chi connectivity index (χ4v) is 3.70.